The highest BCUT2D eigenvalue weighted by Gasteiger charge is 2.17. The average molecular weight is 454 g/mol. The van der Waals surface area contributed by atoms with Crippen LogP contribution < -0.4 is 5.32 Å². The first-order chi connectivity index (χ1) is 15.5. The van der Waals surface area contributed by atoms with Crippen LogP contribution >= 0.6 is 11.8 Å². The zero-order valence-corrected chi connectivity index (χ0v) is 18.4. The molecule has 0 unspecified atom stereocenters. The number of morpholine rings is 1. The fourth-order valence-corrected chi connectivity index (χ4v) is 4.35. The van der Waals surface area contributed by atoms with E-state index < -0.39 is 4.92 Å². The molecule has 0 atom stereocenters. The number of fused-ring (bicyclic) bond motifs is 1. The standard InChI is InChI=1S/C22H23N5O4S/c1-15-17(7-4-8-19(15)27(29)30)24-21(28)14-32-22-16-5-2-3-6-18(16)23-20(25-22)13-26-9-11-31-12-10-26/h2-8H,9-14H2,1H3,(H,24,28). The van der Waals surface area contributed by atoms with Crippen molar-refractivity contribution < 1.29 is 14.5 Å². The number of carbonyl (C=O) groups excluding carboxylic acids is 1. The number of hydrogen-bond acceptors (Lipinski definition) is 8. The number of rotatable bonds is 7. The molecule has 3 aromatic rings. The maximum Gasteiger partial charge on any atom is 0.274 e. The Morgan fingerprint density at radius 2 is 1.97 bits per heavy atom. The van der Waals surface area contributed by atoms with Crippen molar-refractivity contribution in [2.75, 3.05) is 37.4 Å². The van der Waals surface area contributed by atoms with Crippen LogP contribution in [-0.4, -0.2) is 57.8 Å². The molecule has 0 spiro atoms. The lowest BCUT2D eigenvalue weighted by molar-refractivity contribution is -0.385. The smallest absolute Gasteiger partial charge is 0.274 e. The van der Waals surface area contributed by atoms with Crippen LogP contribution in [-0.2, 0) is 16.1 Å². The Balaban J connectivity index is 1.49. The van der Waals surface area contributed by atoms with Crippen LogP contribution in [0.2, 0.25) is 0 Å². The Morgan fingerprint density at radius 1 is 1.19 bits per heavy atom. The highest BCUT2D eigenvalue weighted by atomic mass is 32.2. The molecule has 0 aliphatic carbocycles. The van der Waals surface area contributed by atoms with Gasteiger partial charge < -0.3 is 10.1 Å². The van der Waals surface area contributed by atoms with Gasteiger partial charge in [-0.2, -0.15) is 0 Å². The molecule has 0 saturated carbocycles. The highest BCUT2D eigenvalue weighted by molar-refractivity contribution is 8.00. The lowest BCUT2D eigenvalue weighted by Gasteiger charge is -2.25. The van der Waals surface area contributed by atoms with Crippen LogP contribution in [0, 0.1) is 17.0 Å². The fourth-order valence-electron chi connectivity index (χ4n) is 3.51. The van der Waals surface area contributed by atoms with Crippen molar-refractivity contribution in [3.05, 3.63) is 64.0 Å². The van der Waals surface area contributed by atoms with Crippen LogP contribution in [0.4, 0.5) is 11.4 Å². The van der Waals surface area contributed by atoms with Crippen molar-refractivity contribution in [3.63, 3.8) is 0 Å². The number of carbonyl (C=O) groups is 1. The van der Waals surface area contributed by atoms with E-state index in [1.807, 2.05) is 24.3 Å². The molecule has 1 aliphatic heterocycles. The normalized spacial score (nSPS) is 14.4. The number of nitro benzene ring substituents is 1. The summed E-state index contributed by atoms with van der Waals surface area (Å²) >= 11 is 1.33. The van der Waals surface area contributed by atoms with Crippen molar-refractivity contribution in [2.24, 2.45) is 0 Å². The third-order valence-corrected chi connectivity index (χ3v) is 6.19. The van der Waals surface area contributed by atoms with E-state index in [1.54, 1.807) is 19.1 Å². The predicted octanol–water partition coefficient (Wildman–Crippen LogP) is 3.41. The van der Waals surface area contributed by atoms with Gasteiger partial charge in [0, 0.05) is 24.5 Å². The van der Waals surface area contributed by atoms with Crippen LogP contribution in [0.15, 0.2) is 47.5 Å². The Morgan fingerprint density at radius 3 is 2.75 bits per heavy atom. The second-order valence-corrected chi connectivity index (χ2v) is 8.36. The molecule has 9 nitrogen and oxygen atoms in total. The molecule has 2 heterocycles. The summed E-state index contributed by atoms with van der Waals surface area (Å²) in [7, 11) is 0. The number of nitro groups is 1. The molecule has 4 rings (SSSR count). The van der Waals surface area contributed by atoms with Crippen molar-refractivity contribution in [2.45, 2.75) is 18.5 Å². The fraction of sp³-hybridized carbons (Fsp3) is 0.318. The molecule has 1 amide bonds. The van der Waals surface area contributed by atoms with E-state index in [-0.39, 0.29) is 17.3 Å². The van der Waals surface area contributed by atoms with Gasteiger partial charge in [-0.15, -0.1) is 0 Å². The molecule has 0 radical (unpaired) electrons. The van der Waals surface area contributed by atoms with Crippen molar-refractivity contribution in [1.29, 1.82) is 0 Å². The minimum Gasteiger partial charge on any atom is -0.379 e. The van der Waals surface area contributed by atoms with Crippen molar-refractivity contribution >= 4 is 39.9 Å². The van der Waals surface area contributed by atoms with Crippen molar-refractivity contribution in [1.82, 2.24) is 14.9 Å². The maximum atomic E-state index is 12.6. The molecule has 1 N–H and O–H groups in total. The van der Waals surface area contributed by atoms with Gasteiger partial charge in [0.2, 0.25) is 5.91 Å². The van der Waals surface area contributed by atoms with E-state index in [2.05, 4.69) is 10.2 Å². The minimum atomic E-state index is -0.456. The van der Waals surface area contributed by atoms with E-state index in [0.29, 0.717) is 36.8 Å². The molecular weight excluding hydrogens is 430 g/mol. The molecule has 1 aromatic heterocycles. The first-order valence-corrected chi connectivity index (χ1v) is 11.2. The second-order valence-electron chi connectivity index (χ2n) is 7.39. The van der Waals surface area contributed by atoms with Crippen LogP contribution in [0.1, 0.15) is 11.4 Å². The number of benzene rings is 2. The molecule has 10 heteroatoms. The number of anilines is 1. The molecular formula is C22H23N5O4S. The van der Waals surface area contributed by atoms with Gasteiger partial charge in [-0.05, 0) is 19.1 Å². The van der Waals surface area contributed by atoms with Gasteiger partial charge in [0.1, 0.15) is 10.9 Å². The first-order valence-electron chi connectivity index (χ1n) is 10.2. The van der Waals surface area contributed by atoms with Gasteiger partial charge in [-0.25, -0.2) is 9.97 Å². The Kier molecular flexibility index (Phi) is 6.93. The van der Waals surface area contributed by atoms with E-state index >= 15 is 0 Å². The molecule has 1 saturated heterocycles. The summed E-state index contributed by atoms with van der Waals surface area (Å²) in [6, 6.07) is 12.4. The number of para-hydroxylation sites is 1. The lowest BCUT2D eigenvalue weighted by atomic mass is 10.1. The topological polar surface area (TPSA) is 110 Å². The molecule has 1 aliphatic rings. The Hall–Kier alpha value is -3.08. The van der Waals surface area contributed by atoms with Gasteiger partial charge >= 0.3 is 0 Å². The zero-order valence-electron chi connectivity index (χ0n) is 17.6. The lowest BCUT2D eigenvalue weighted by Crippen LogP contribution is -2.36. The quantitative estimate of drug-likeness (QED) is 0.251. The minimum absolute atomic E-state index is 0.0231. The second kappa shape index (κ2) is 10.0. The van der Waals surface area contributed by atoms with E-state index in [9.17, 15) is 14.9 Å². The number of nitrogens with one attached hydrogen (secondary N) is 1. The summed E-state index contributed by atoms with van der Waals surface area (Å²) in [6.07, 6.45) is 0. The Labute approximate surface area is 189 Å². The molecule has 2 aromatic carbocycles. The summed E-state index contributed by atoms with van der Waals surface area (Å²) in [6.45, 7) is 5.32. The Bertz CT molecular complexity index is 1150. The summed E-state index contributed by atoms with van der Waals surface area (Å²) < 4.78 is 5.41. The number of ether oxygens (including phenoxy) is 1. The van der Waals surface area contributed by atoms with Crippen molar-refractivity contribution in [3.8, 4) is 0 Å². The average Bonchev–Trinajstić information content (AvgIpc) is 2.79. The monoisotopic (exact) mass is 453 g/mol. The summed E-state index contributed by atoms with van der Waals surface area (Å²) in [4.78, 5) is 34.9. The number of nitrogens with zero attached hydrogens (tertiary/aromatic N) is 4. The third-order valence-electron chi connectivity index (χ3n) is 5.20. The number of thioether (sulfide) groups is 1. The zero-order chi connectivity index (χ0) is 22.5. The molecule has 1 fully saturated rings. The van der Waals surface area contributed by atoms with Gasteiger partial charge in [-0.3, -0.25) is 19.8 Å². The van der Waals surface area contributed by atoms with E-state index in [1.165, 1.54) is 17.8 Å². The molecule has 0 bridgehead atoms. The summed E-state index contributed by atoms with van der Waals surface area (Å²) in [5, 5.41) is 15.5. The van der Waals surface area contributed by atoms with E-state index in [0.717, 1.165) is 29.0 Å². The maximum absolute atomic E-state index is 12.6. The molecule has 166 valence electrons. The van der Waals surface area contributed by atoms with Crippen LogP contribution in [0.3, 0.4) is 0 Å². The SMILES string of the molecule is Cc1c(NC(=O)CSc2nc(CN3CCOCC3)nc3ccccc23)cccc1[N+](=O)[O-]. The molecule has 32 heavy (non-hydrogen) atoms. The third kappa shape index (κ3) is 5.21. The summed E-state index contributed by atoms with van der Waals surface area (Å²) in [5.41, 5.74) is 1.68. The summed E-state index contributed by atoms with van der Waals surface area (Å²) in [5.74, 6) is 0.583. The largest absolute Gasteiger partial charge is 0.379 e. The van der Waals surface area contributed by atoms with Gasteiger partial charge in [0.15, 0.2) is 0 Å². The van der Waals surface area contributed by atoms with Crippen LogP contribution in [0.5, 0.6) is 0 Å². The number of aromatic nitrogens is 2. The van der Waals surface area contributed by atoms with E-state index in [4.69, 9.17) is 14.7 Å². The van der Waals surface area contributed by atoms with Gasteiger partial charge in [-0.1, -0.05) is 36.0 Å². The highest BCUT2D eigenvalue weighted by Crippen LogP contribution is 2.28. The van der Waals surface area contributed by atoms with Crippen LogP contribution in [0.25, 0.3) is 10.9 Å². The number of hydrogen-bond donors (Lipinski definition) is 1. The number of amides is 1. The predicted molar refractivity (Wildman–Crippen MR) is 123 cm³/mol. The first kappa shape index (κ1) is 22.1. The van der Waals surface area contributed by atoms with Gasteiger partial charge in [0.05, 0.1) is 47.2 Å². The van der Waals surface area contributed by atoms with Gasteiger partial charge in [0.25, 0.3) is 5.69 Å².